The molecule has 0 aliphatic heterocycles. The molecule has 0 amide bonds. The first-order chi connectivity index (χ1) is 12.7. The molecule has 1 fully saturated rings. The second-order valence-electron chi connectivity index (χ2n) is 6.70. The fourth-order valence-corrected chi connectivity index (χ4v) is 3.39. The van der Waals surface area contributed by atoms with E-state index in [1.54, 1.807) is 14.2 Å². The zero-order valence-electron chi connectivity index (χ0n) is 16.7. The van der Waals surface area contributed by atoms with Gasteiger partial charge in [-0.3, -0.25) is 4.99 Å². The van der Waals surface area contributed by atoms with Crippen LogP contribution in [0.2, 0.25) is 0 Å². The minimum absolute atomic E-state index is 0.598. The Morgan fingerprint density at radius 2 is 2.00 bits per heavy atom. The topological polar surface area (TPSA) is 58.1 Å². The Balaban J connectivity index is 1.84. The highest BCUT2D eigenvalue weighted by Crippen LogP contribution is 2.30. The van der Waals surface area contributed by atoms with E-state index in [0.29, 0.717) is 6.61 Å². The number of rotatable bonds is 8. The molecule has 0 spiro atoms. The quantitative estimate of drug-likeness (QED) is 0.549. The van der Waals surface area contributed by atoms with Crippen molar-refractivity contribution in [1.29, 1.82) is 0 Å². The number of methoxy groups -OCH3 is 1. The molecule has 1 aliphatic rings. The van der Waals surface area contributed by atoms with Gasteiger partial charge < -0.3 is 25.0 Å². The standard InChI is InChI=1S/C20H34N4O2/c1-5-26-19-15-16(11-12-18(19)25-4)23-20(21-2)22-13-14-24(3)17-9-7-6-8-10-17/h11-12,15,17H,5-10,13-14H2,1-4H3,(H2,21,22,23). The summed E-state index contributed by atoms with van der Waals surface area (Å²) >= 11 is 0. The van der Waals surface area contributed by atoms with Gasteiger partial charge in [-0.1, -0.05) is 19.3 Å². The lowest BCUT2D eigenvalue weighted by Gasteiger charge is -2.31. The van der Waals surface area contributed by atoms with Crippen molar-refractivity contribution in [2.24, 2.45) is 4.99 Å². The molecule has 26 heavy (non-hydrogen) atoms. The lowest BCUT2D eigenvalue weighted by Crippen LogP contribution is -2.41. The molecule has 2 rings (SSSR count). The van der Waals surface area contributed by atoms with Crippen LogP contribution in [-0.4, -0.2) is 57.8 Å². The number of benzene rings is 1. The number of aliphatic imine (C=N–C) groups is 1. The predicted octanol–water partition coefficient (Wildman–Crippen LogP) is 3.35. The van der Waals surface area contributed by atoms with E-state index < -0.39 is 0 Å². The zero-order valence-corrected chi connectivity index (χ0v) is 16.7. The summed E-state index contributed by atoms with van der Waals surface area (Å²) in [6.07, 6.45) is 6.78. The van der Waals surface area contributed by atoms with Crippen molar-refractivity contribution in [3.63, 3.8) is 0 Å². The first-order valence-electron chi connectivity index (χ1n) is 9.66. The number of hydrogen-bond donors (Lipinski definition) is 2. The smallest absolute Gasteiger partial charge is 0.195 e. The van der Waals surface area contributed by atoms with Gasteiger partial charge in [0, 0.05) is 37.9 Å². The van der Waals surface area contributed by atoms with Crippen LogP contribution in [0.15, 0.2) is 23.2 Å². The van der Waals surface area contributed by atoms with E-state index in [1.807, 2.05) is 25.1 Å². The molecule has 1 aromatic carbocycles. The van der Waals surface area contributed by atoms with Crippen molar-refractivity contribution in [2.45, 2.75) is 45.1 Å². The summed E-state index contributed by atoms with van der Waals surface area (Å²) in [4.78, 5) is 6.79. The van der Waals surface area contributed by atoms with Crippen molar-refractivity contribution in [3.8, 4) is 11.5 Å². The normalized spacial score (nSPS) is 15.8. The van der Waals surface area contributed by atoms with Crippen LogP contribution in [0.1, 0.15) is 39.0 Å². The molecule has 0 unspecified atom stereocenters. The molecule has 0 saturated heterocycles. The number of hydrogen-bond acceptors (Lipinski definition) is 4. The minimum atomic E-state index is 0.598. The third kappa shape index (κ3) is 6.09. The van der Waals surface area contributed by atoms with E-state index in [0.717, 1.165) is 42.3 Å². The largest absolute Gasteiger partial charge is 0.493 e. The molecular formula is C20H34N4O2. The van der Waals surface area contributed by atoms with Gasteiger partial charge in [0.1, 0.15) is 0 Å². The van der Waals surface area contributed by atoms with Crippen molar-refractivity contribution < 1.29 is 9.47 Å². The molecule has 0 bridgehead atoms. The van der Waals surface area contributed by atoms with Crippen molar-refractivity contribution in [1.82, 2.24) is 10.2 Å². The highest BCUT2D eigenvalue weighted by Gasteiger charge is 2.17. The zero-order chi connectivity index (χ0) is 18.8. The van der Waals surface area contributed by atoms with E-state index in [1.165, 1.54) is 32.1 Å². The summed E-state index contributed by atoms with van der Waals surface area (Å²) in [7, 11) is 5.66. The Morgan fingerprint density at radius 1 is 1.23 bits per heavy atom. The van der Waals surface area contributed by atoms with E-state index >= 15 is 0 Å². The average Bonchev–Trinajstić information content (AvgIpc) is 2.68. The fraction of sp³-hybridized carbons (Fsp3) is 0.650. The van der Waals surface area contributed by atoms with Crippen LogP contribution >= 0.6 is 0 Å². The van der Waals surface area contributed by atoms with Gasteiger partial charge in [0.25, 0.3) is 0 Å². The first-order valence-corrected chi connectivity index (χ1v) is 9.66. The third-order valence-electron chi connectivity index (χ3n) is 4.90. The maximum Gasteiger partial charge on any atom is 0.195 e. The van der Waals surface area contributed by atoms with Crippen molar-refractivity contribution in [3.05, 3.63) is 18.2 Å². The lowest BCUT2D eigenvalue weighted by molar-refractivity contribution is 0.194. The van der Waals surface area contributed by atoms with E-state index in [4.69, 9.17) is 9.47 Å². The monoisotopic (exact) mass is 362 g/mol. The van der Waals surface area contributed by atoms with E-state index in [2.05, 4.69) is 27.6 Å². The molecule has 0 atom stereocenters. The van der Waals surface area contributed by atoms with Gasteiger partial charge in [-0.15, -0.1) is 0 Å². The van der Waals surface area contributed by atoms with Gasteiger partial charge in [-0.2, -0.15) is 0 Å². The summed E-state index contributed by atoms with van der Waals surface area (Å²) in [5.41, 5.74) is 0.919. The molecule has 0 aromatic heterocycles. The van der Waals surface area contributed by atoms with Crippen molar-refractivity contribution >= 4 is 11.6 Å². The van der Waals surface area contributed by atoms with Crippen LogP contribution in [0.4, 0.5) is 5.69 Å². The molecule has 6 nitrogen and oxygen atoms in total. The molecule has 0 radical (unpaired) electrons. The van der Waals surface area contributed by atoms with Crippen LogP contribution in [-0.2, 0) is 0 Å². The number of anilines is 1. The summed E-state index contributed by atoms with van der Waals surface area (Å²) in [5, 5.41) is 6.71. The second kappa shape index (κ2) is 10.9. The van der Waals surface area contributed by atoms with Crippen LogP contribution in [0.25, 0.3) is 0 Å². The van der Waals surface area contributed by atoms with Crippen LogP contribution in [0.3, 0.4) is 0 Å². The van der Waals surface area contributed by atoms with E-state index in [-0.39, 0.29) is 0 Å². The molecular weight excluding hydrogens is 328 g/mol. The molecule has 0 heterocycles. The lowest BCUT2D eigenvalue weighted by atomic mass is 9.94. The Hall–Kier alpha value is -1.95. The second-order valence-corrected chi connectivity index (χ2v) is 6.70. The highest BCUT2D eigenvalue weighted by molar-refractivity contribution is 5.93. The third-order valence-corrected chi connectivity index (χ3v) is 4.90. The number of guanidine groups is 1. The Bertz CT molecular complexity index is 571. The first kappa shape index (κ1) is 20.4. The summed E-state index contributed by atoms with van der Waals surface area (Å²) in [5.74, 6) is 2.22. The predicted molar refractivity (Wildman–Crippen MR) is 109 cm³/mol. The van der Waals surface area contributed by atoms with Gasteiger partial charge >= 0.3 is 0 Å². The fourth-order valence-electron chi connectivity index (χ4n) is 3.39. The van der Waals surface area contributed by atoms with Gasteiger partial charge in [-0.05, 0) is 38.9 Å². The molecule has 1 aliphatic carbocycles. The summed E-state index contributed by atoms with van der Waals surface area (Å²) in [6, 6.07) is 6.53. The maximum atomic E-state index is 5.63. The SMILES string of the molecule is CCOc1cc(NC(=NC)NCCN(C)C2CCCCC2)ccc1OC. The Kier molecular flexibility index (Phi) is 8.54. The number of likely N-dealkylation sites (N-methyl/N-ethyl adjacent to an activating group) is 1. The molecule has 146 valence electrons. The Labute approximate surface area is 158 Å². The molecule has 6 heteroatoms. The summed E-state index contributed by atoms with van der Waals surface area (Å²) < 4.78 is 11.0. The molecule has 1 saturated carbocycles. The molecule has 2 N–H and O–H groups in total. The average molecular weight is 363 g/mol. The van der Waals surface area contributed by atoms with E-state index in [9.17, 15) is 0 Å². The number of nitrogens with one attached hydrogen (secondary N) is 2. The van der Waals surface area contributed by atoms with Gasteiger partial charge in [0.15, 0.2) is 17.5 Å². The minimum Gasteiger partial charge on any atom is -0.493 e. The molecule has 1 aromatic rings. The van der Waals surface area contributed by atoms with Crippen molar-refractivity contribution in [2.75, 3.05) is 46.2 Å². The maximum absolute atomic E-state index is 5.63. The highest BCUT2D eigenvalue weighted by atomic mass is 16.5. The van der Waals surface area contributed by atoms with Crippen LogP contribution < -0.4 is 20.1 Å². The van der Waals surface area contributed by atoms with Gasteiger partial charge in [-0.25, -0.2) is 0 Å². The Morgan fingerprint density at radius 3 is 2.65 bits per heavy atom. The van der Waals surface area contributed by atoms with Crippen LogP contribution in [0, 0.1) is 0 Å². The van der Waals surface area contributed by atoms with Crippen LogP contribution in [0.5, 0.6) is 11.5 Å². The number of nitrogens with zero attached hydrogens (tertiary/aromatic N) is 2. The van der Waals surface area contributed by atoms with Gasteiger partial charge in [0.2, 0.25) is 0 Å². The number of ether oxygens (including phenoxy) is 2. The summed E-state index contributed by atoms with van der Waals surface area (Å²) in [6.45, 7) is 4.43. The van der Waals surface area contributed by atoms with Gasteiger partial charge in [0.05, 0.1) is 13.7 Å².